The molecule has 3 aliphatic carbocycles. The van der Waals surface area contributed by atoms with Crippen molar-refractivity contribution in [2.75, 3.05) is 6.54 Å². The Morgan fingerprint density at radius 3 is 2.77 bits per heavy atom. The molecule has 2 fully saturated rings. The van der Waals surface area contributed by atoms with Crippen LogP contribution in [0, 0.1) is 0 Å². The normalized spacial score (nSPS) is 22.8. The summed E-state index contributed by atoms with van der Waals surface area (Å²) in [6, 6.07) is 0.358. The Balaban J connectivity index is 1.46. The number of carbonyl (C=O) groups excluding carboxylic acids is 1. The number of hydrogen-bond donors (Lipinski definition) is 1. The molecule has 120 valence electrons. The van der Waals surface area contributed by atoms with E-state index in [0.29, 0.717) is 19.1 Å². The van der Waals surface area contributed by atoms with Crippen molar-refractivity contribution in [1.82, 2.24) is 14.5 Å². The zero-order valence-electron chi connectivity index (χ0n) is 13.1. The van der Waals surface area contributed by atoms with E-state index < -0.39 is 5.60 Å². The van der Waals surface area contributed by atoms with Gasteiger partial charge in [0.15, 0.2) is 0 Å². The minimum atomic E-state index is -0.618. The van der Waals surface area contributed by atoms with Crippen molar-refractivity contribution in [3.8, 4) is 0 Å². The smallest absolute Gasteiger partial charge is 0.242 e. The zero-order valence-corrected chi connectivity index (χ0v) is 13.1. The maximum absolute atomic E-state index is 12.8. The number of fused-ring (bicyclic) bond motifs is 1. The quantitative estimate of drug-likeness (QED) is 0.900. The molecule has 0 bridgehead atoms. The predicted octanol–water partition coefficient (Wildman–Crippen LogP) is 1.67. The van der Waals surface area contributed by atoms with E-state index in [-0.39, 0.29) is 5.91 Å². The Bertz CT molecular complexity index is 572. The fraction of sp³-hybridized carbons (Fsp3) is 0.765. The molecule has 3 aliphatic rings. The van der Waals surface area contributed by atoms with Crippen LogP contribution in [0.3, 0.4) is 0 Å². The first-order valence-corrected chi connectivity index (χ1v) is 8.69. The Kier molecular flexibility index (Phi) is 3.48. The minimum Gasteiger partial charge on any atom is -0.388 e. The lowest BCUT2D eigenvalue weighted by Crippen LogP contribution is -2.51. The Morgan fingerprint density at radius 1 is 1.32 bits per heavy atom. The molecule has 1 aromatic rings. The SMILES string of the molecule is O=C(Cn1cnc2c1CCCC2)N(CC1(O)CCC1)C1CC1. The van der Waals surface area contributed by atoms with Crippen molar-refractivity contribution in [3.05, 3.63) is 17.7 Å². The third kappa shape index (κ3) is 2.67. The average Bonchev–Trinajstić information content (AvgIpc) is 3.25. The molecule has 1 N–H and O–H groups in total. The highest BCUT2D eigenvalue weighted by molar-refractivity contribution is 5.77. The Morgan fingerprint density at radius 2 is 2.09 bits per heavy atom. The number of aromatic nitrogens is 2. The second-order valence-electron chi connectivity index (χ2n) is 7.30. The molecule has 0 aliphatic heterocycles. The molecule has 1 amide bonds. The largest absolute Gasteiger partial charge is 0.388 e. The van der Waals surface area contributed by atoms with Crippen LogP contribution in [0.4, 0.5) is 0 Å². The van der Waals surface area contributed by atoms with Gasteiger partial charge in [0.05, 0.1) is 17.6 Å². The summed E-state index contributed by atoms with van der Waals surface area (Å²) in [6.07, 6.45) is 11.2. The molecule has 22 heavy (non-hydrogen) atoms. The summed E-state index contributed by atoms with van der Waals surface area (Å²) in [5.41, 5.74) is 1.81. The summed E-state index contributed by atoms with van der Waals surface area (Å²) in [4.78, 5) is 19.2. The highest BCUT2D eigenvalue weighted by atomic mass is 16.3. The molecule has 1 heterocycles. The second-order valence-corrected chi connectivity index (χ2v) is 7.30. The Hall–Kier alpha value is -1.36. The van der Waals surface area contributed by atoms with Crippen LogP contribution in [0.5, 0.6) is 0 Å². The van der Waals surface area contributed by atoms with Crippen LogP contribution in [0.15, 0.2) is 6.33 Å². The van der Waals surface area contributed by atoms with Crippen LogP contribution < -0.4 is 0 Å². The number of aliphatic hydroxyl groups is 1. The van der Waals surface area contributed by atoms with Gasteiger partial charge in [-0.25, -0.2) is 4.98 Å². The van der Waals surface area contributed by atoms with Crippen LogP contribution in [0.25, 0.3) is 0 Å². The summed E-state index contributed by atoms with van der Waals surface area (Å²) < 4.78 is 2.04. The number of nitrogens with zero attached hydrogens (tertiary/aromatic N) is 3. The van der Waals surface area contributed by atoms with Crippen molar-refractivity contribution in [2.24, 2.45) is 0 Å². The molecule has 0 radical (unpaired) electrons. The number of carbonyl (C=O) groups is 1. The van der Waals surface area contributed by atoms with Gasteiger partial charge in [0.2, 0.25) is 5.91 Å². The van der Waals surface area contributed by atoms with Gasteiger partial charge in [0.1, 0.15) is 6.54 Å². The van der Waals surface area contributed by atoms with E-state index in [1.807, 2.05) is 15.8 Å². The second kappa shape index (κ2) is 5.37. The molecular weight excluding hydrogens is 278 g/mol. The van der Waals surface area contributed by atoms with Gasteiger partial charge in [-0.15, -0.1) is 0 Å². The van der Waals surface area contributed by atoms with Gasteiger partial charge in [-0.2, -0.15) is 0 Å². The van der Waals surface area contributed by atoms with Gasteiger partial charge in [-0.05, 0) is 57.8 Å². The first kappa shape index (κ1) is 14.2. The maximum Gasteiger partial charge on any atom is 0.242 e. The highest BCUT2D eigenvalue weighted by Crippen LogP contribution is 2.36. The number of aryl methyl sites for hydroxylation is 1. The molecule has 0 spiro atoms. The molecule has 5 heteroatoms. The van der Waals surface area contributed by atoms with Gasteiger partial charge in [0.25, 0.3) is 0 Å². The van der Waals surface area contributed by atoms with E-state index in [0.717, 1.165) is 44.9 Å². The summed E-state index contributed by atoms with van der Waals surface area (Å²) in [5.74, 6) is 0.147. The fourth-order valence-electron chi connectivity index (χ4n) is 3.77. The third-order valence-electron chi connectivity index (χ3n) is 5.47. The lowest BCUT2D eigenvalue weighted by atomic mass is 9.80. The van der Waals surface area contributed by atoms with E-state index in [1.165, 1.54) is 24.2 Å². The predicted molar refractivity (Wildman–Crippen MR) is 82.4 cm³/mol. The molecule has 5 nitrogen and oxygen atoms in total. The van der Waals surface area contributed by atoms with Crippen LogP contribution >= 0.6 is 0 Å². The summed E-state index contributed by atoms with van der Waals surface area (Å²) in [7, 11) is 0. The lowest BCUT2D eigenvalue weighted by Gasteiger charge is -2.41. The molecule has 0 atom stereocenters. The van der Waals surface area contributed by atoms with E-state index in [1.54, 1.807) is 0 Å². The van der Waals surface area contributed by atoms with Crippen LogP contribution in [0.2, 0.25) is 0 Å². The van der Waals surface area contributed by atoms with Gasteiger partial charge in [-0.1, -0.05) is 0 Å². The van der Waals surface area contributed by atoms with Gasteiger partial charge in [0, 0.05) is 18.3 Å². The number of amides is 1. The first-order chi connectivity index (χ1) is 10.6. The Labute approximate surface area is 131 Å². The molecule has 0 unspecified atom stereocenters. The van der Waals surface area contributed by atoms with E-state index in [9.17, 15) is 9.90 Å². The van der Waals surface area contributed by atoms with E-state index >= 15 is 0 Å². The topological polar surface area (TPSA) is 58.4 Å². The number of rotatable bonds is 5. The summed E-state index contributed by atoms with van der Waals surface area (Å²) in [6.45, 7) is 0.905. The molecular formula is C17H25N3O2. The molecule has 1 aromatic heterocycles. The average molecular weight is 303 g/mol. The van der Waals surface area contributed by atoms with Crippen molar-refractivity contribution in [2.45, 2.75) is 76.0 Å². The van der Waals surface area contributed by atoms with Crippen molar-refractivity contribution in [3.63, 3.8) is 0 Å². The van der Waals surface area contributed by atoms with Crippen molar-refractivity contribution >= 4 is 5.91 Å². The van der Waals surface area contributed by atoms with Gasteiger partial charge >= 0.3 is 0 Å². The number of imidazole rings is 1. The zero-order chi connectivity index (χ0) is 15.2. The standard InChI is InChI=1S/C17H25N3O2/c21-16(10-19-12-18-14-4-1-2-5-15(14)19)20(13-6-7-13)11-17(22)8-3-9-17/h12-13,22H,1-11H2. The van der Waals surface area contributed by atoms with Gasteiger partial charge < -0.3 is 14.6 Å². The maximum atomic E-state index is 12.8. The lowest BCUT2D eigenvalue weighted by molar-refractivity contribution is -0.139. The van der Waals surface area contributed by atoms with Crippen molar-refractivity contribution in [1.29, 1.82) is 0 Å². The van der Waals surface area contributed by atoms with Crippen LogP contribution in [-0.4, -0.2) is 43.7 Å². The molecule has 0 aromatic carbocycles. The summed E-state index contributed by atoms with van der Waals surface area (Å²) in [5, 5.41) is 10.4. The molecule has 0 saturated heterocycles. The molecule has 4 rings (SSSR count). The van der Waals surface area contributed by atoms with Crippen molar-refractivity contribution < 1.29 is 9.90 Å². The third-order valence-corrected chi connectivity index (χ3v) is 5.47. The molecule has 2 saturated carbocycles. The van der Waals surface area contributed by atoms with E-state index in [4.69, 9.17) is 0 Å². The van der Waals surface area contributed by atoms with E-state index in [2.05, 4.69) is 4.98 Å². The number of hydrogen-bond acceptors (Lipinski definition) is 3. The van der Waals surface area contributed by atoms with Crippen LogP contribution in [-0.2, 0) is 24.2 Å². The monoisotopic (exact) mass is 303 g/mol. The van der Waals surface area contributed by atoms with Crippen LogP contribution in [0.1, 0.15) is 56.3 Å². The fourth-order valence-corrected chi connectivity index (χ4v) is 3.77. The first-order valence-electron chi connectivity index (χ1n) is 8.69. The summed E-state index contributed by atoms with van der Waals surface area (Å²) >= 11 is 0. The van der Waals surface area contributed by atoms with Gasteiger partial charge in [-0.3, -0.25) is 4.79 Å². The minimum absolute atomic E-state index is 0.147. The highest BCUT2D eigenvalue weighted by Gasteiger charge is 2.42.